The molecule has 7 rings (SSSR count). The van der Waals surface area contributed by atoms with Crippen LogP contribution >= 0.6 is 0 Å². The molecular weight excluding hydrogens is 458 g/mol. The number of urea groups is 1. The van der Waals surface area contributed by atoms with Crippen molar-refractivity contribution in [2.45, 2.75) is 51.1 Å². The average molecular weight is 488 g/mol. The van der Waals surface area contributed by atoms with Crippen LogP contribution in [0.3, 0.4) is 0 Å². The number of anilines is 1. The third kappa shape index (κ3) is 3.65. The quantitative estimate of drug-likeness (QED) is 0.585. The molecule has 1 unspecified atom stereocenters. The third-order valence-corrected chi connectivity index (χ3v) is 7.79. The molecule has 2 aliphatic heterocycles. The Balaban J connectivity index is 1.16. The van der Waals surface area contributed by atoms with E-state index in [4.69, 9.17) is 9.47 Å². The Morgan fingerprint density at radius 3 is 2.72 bits per heavy atom. The van der Waals surface area contributed by atoms with Gasteiger partial charge in [-0.25, -0.2) is 9.31 Å². The van der Waals surface area contributed by atoms with Gasteiger partial charge in [0, 0.05) is 37.0 Å². The zero-order valence-electron chi connectivity index (χ0n) is 20.3. The summed E-state index contributed by atoms with van der Waals surface area (Å²) in [7, 11) is 0. The van der Waals surface area contributed by atoms with Crippen molar-refractivity contribution < 1.29 is 19.1 Å². The number of nitrogens with one attached hydrogen (secondary N) is 1. The zero-order valence-corrected chi connectivity index (χ0v) is 20.3. The Kier molecular flexibility index (Phi) is 4.87. The van der Waals surface area contributed by atoms with Gasteiger partial charge in [0.15, 0.2) is 5.75 Å². The number of ether oxygens (including phenoxy) is 2. The first-order valence-electron chi connectivity index (χ1n) is 12.9. The van der Waals surface area contributed by atoms with Crippen LogP contribution in [0.1, 0.15) is 48.0 Å². The number of aryl methyl sites for hydroxylation is 1. The molecule has 3 amide bonds. The number of likely N-dealkylation sites (tertiary alicyclic amines) is 1. The molecule has 1 atom stereocenters. The molecule has 36 heavy (non-hydrogen) atoms. The fourth-order valence-electron chi connectivity index (χ4n) is 5.39. The van der Waals surface area contributed by atoms with Crippen LogP contribution < -0.4 is 19.7 Å². The van der Waals surface area contributed by atoms with Gasteiger partial charge in [-0.2, -0.15) is 5.10 Å². The number of amides is 3. The number of rotatable bonds is 5. The molecule has 3 aromatic rings. The Morgan fingerprint density at radius 2 is 1.97 bits per heavy atom. The molecule has 3 fully saturated rings. The fraction of sp³-hybridized carbons (Fsp3) is 0.444. The normalized spacial score (nSPS) is 21.0. The smallest absolute Gasteiger partial charge is 0.322 e. The molecule has 1 aromatic carbocycles. The van der Waals surface area contributed by atoms with Crippen molar-refractivity contribution >= 4 is 23.1 Å². The SMILES string of the molecule is Cc1c(C(=O)N2CCC2C2CC2)cn2nccc(Oc3ccc4c(c3)OCCN4C(=O)NC3CC3)c12. The minimum Gasteiger partial charge on any atom is -0.489 e. The van der Waals surface area contributed by atoms with Crippen LogP contribution in [0.15, 0.2) is 36.7 Å². The van der Waals surface area contributed by atoms with Crippen LogP contribution in [0.25, 0.3) is 5.52 Å². The van der Waals surface area contributed by atoms with E-state index in [1.165, 1.54) is 12.8 Å². The van der Waals surface area contributed by atoms with Crippen LogP contribution in [-0.4, -0.2) is 58.2 Å². The van der Waals surface area contributed by atoms with Crippen molar-refractivity contribution in [3.63, 3.8) is 0 Å². The first kappa shape index (κ1) is 21.5. The Morgan fingerprint density at radius 1 is 1.11 bits per heavy atom. The monoisotopic (exact) mass is 487 g/mol. The predicted molar refractivity (Wildman–Crippen MR) is 133 cm³/mol. The van der Waals surface area contributed by atoms with E-state index >= 15 is 0 Å². The van der Waals surface area contributed by atoms with Crippen molar-refractivity contribution in [2.24, 2.45) is 5.92 Å². The number of carbonyl (C=O) groups excluding carboxylic acids is 2. The Bertz CT molecular complexity index is 1380. The van der Waals surface area contributed by atoms with E-state index in [2.05, 4.69) is 10.4 Å². The number of aromatic nitrogens is 2. The highest BCUT2D eigenvalue weighted by atomic mass is 16.5. The van der Waals surface area contributed by atoms with Crippen molar-refractivity contribution in [2.75, 3.05) is 24.6 Å². The molecule has 0 radical (unpaired) electrons. The molecule has 2 aliphatic carbocycles. The first-order chi connectivity index (χ1) is 17.6. The molecule has 186 valence electrons. The third-order valence-electron chi connectivity index (χ3n) is 7.79. The largest absolute Gasteiger partial charge is 0.489 e. The summed E-state index contributed by atoms with van der Waals surface area (Å²) in [6.45, 7) is 3.72. The lowest BCUT2D eigenvalue weighted by Gasteiger charge is -2.41. The summed E-state index contributed by atoms with van der Waals surface area (Å²) in [5, 5.41) is 7.48. The topological polar surface area (TPSA) is 88.4 Å². The highest BCUT2D eigenvalue weighted by Crippen LogP contribution is 2.42. The van der Waals surface area contributed by atoms with Gasteiger partial charge in [0.2, 0.25) is 0 Å². The molecule has 4 aliphatic rings. The van der Waals surface area contributed by atoms with Gasteiger partial charge in [-0.1, -0.05) is 0 Å². The van der Waals surface area contributed by atoms with Gasteiger partial charge in [0.1, 0.15) is 23.6 Å². The molecule has 2 saturated carbocycles. The van der Waals surface area contributed by atoms with Crippen LogP contribution in [0.4, 0.5) is 10.5 Å². The van der Waals surface area contributed by atoms with Crippen LogP contribution in [0.2, 0.25) is 0 Å². The van der Waals surface area contributed by atoms with Crippen molar-refractivity contribution in [1.82, 2.24) is 19.8 Å². The summed E-state index contributed by atoms with van der Waals surface area (Å²) in [5.74, 6) is 2.58. The minimum atomic E-state index is -0.0845. The van der Waals surface area contributed by atoms with E-state index < -0.39 is 0 Å². The maximum absolute atomic E-state index is 13.3. The van der Waals surface area contributed by atoms with Gasteiger partial charge >= 0.3 is 6.03 Å². The molecule has 9 heteroatoms. The van der Waals surface area contributed by atoms with Crippen molar-refractivity contribution in [3.05, 3.63) is 47.8 Å². The summed E-state index contributed by atoms with van der Waals surface area (Å²) < 4.78 is 13.9. The molecule has 0 bridgehead atoms. The zero-order chi connectivity index (χ0) is 24.4. The minimum absolute atomic E-state index is 0.0823. The second kappa shape index (κ2) is 8.15. The molecule has 1 saturated heterocycles. The maximum atomic E-state index is 13.3. The van der Waals surface area contributed by atoms with Gasteiger partial charge in [-0.05, 0) is 62.6 Å². The summed E-state index contributed by atoms with van der Waals surface area (Å²) in [6, 6.07) is 7.92. The Hall–Kier alpha value is -3.75. The van der Waals surface area contributed by atoms with E-state index in [0.29, 0.717) is 54.0 Å². The predicted octanol–water partition coefficient (Wildman–Crippen LogP) is 4.13. The van der Waals surface area contributed by atoms with E-state index in [1.807, 2.05) is 42.3 Å². The maximum Gasteiger partial charge on any atom is 0.322 e. The molecular formula is C27H29N5O4. The molecule has 1 N–H and O–H groups in total. The number of hydrogen-bond acceptors (Lipinski definition) is 5. The second-order valence-corrected chi connectivity index (χ2v) is 10.3. The standard InChI is InChI=1S/C27H29N5O4/c1-16-20(26(33)30-11-9-21(30)17-2-3-17)15-32-25(16)23(8-10-28-32)36-19-6-7-22-24(14-19)35-13-12-31(22)27(34)29-18-4-5-18/h6-8,10,14-15,17-18,21H,2-5,9,11-13H2,1H3,(H,29,34). The van der Waals surface area contributed by atoms with E-state index in [9.17, 15) is 9.59 Å². The average Bonchev–Trinajstić information content (AvgIpc) is 3.79. The van der Waals surface area contributed by atoms with Crippen LogP contribution in [-0.2, 0) is 0 Å². The molecule has 0 spiro atoms. The van der Waals surface area contributed by atoms with E-state index in [0.717, 1.165) is 42.6 Å². The number of carbonyl (C=O) groups is 2. The lowest BCUT2D eigenvalue weighted by molar-refractivity contribution is 0.0411. The summed E-state index contributed by atoms with van der Waals surface area (Å²) in [6.07, 6.45) is 9.15. The van der Waals surface area contributed by atoms with E-state index in [1.54, 1.807) is 15.6 Å². The second-order valence-electron chi connectivity index (χ2n) is 10.3. The Labute approximate surface area is 209 Å². The van der Waals surface area contributed by atoms with E-state index in [-0.39, 0.29) is 11.9 Å². The highest BCUT2D eigenvalue weighted by molar-refractivity contribution is 5.99. The van der Waals surface area contributed by atoms with Crippen molar-refractivity contribution in [1.29, 1.82) is 0 Å². The molecule has 9 nitrogen and oxygen atoms in total. The lowest BCUT2D eigenvalue weighted by Crippen LogP contribution is -2.52. The summed E-state index contributed by atoms with van der Waals surface area (Å²) in [5.41, 5.74) is 3.04. The fourth-order valence-corrected chi connectivity index (χ4v) is 5.39. The molecule has 4 heterocycles. The molecule has 2 aromatic heterocycles. The number of nitrogens with zero attached hydrogens (tertiary/aromatic N) is 4. The number of hydrogen-bond donors (Lipinski definition) is 1. The lowest BCUT2D eigenvalue weighted by atomic mass is 9.96. The summed E-state index contributed by atoms with van der Waals surface area (Å²) >= 11 is 0. The first-order valence-corrected chi connectivity index (χ1v) is 12.9. The number of benzene rings is 1. The van der Waals surface area contributed by atoms with Gasteiger partial charge < -0.3 is 19.7 Å². The van der Waals surface area contributed by atoms with Gasteiger partial charge in [0.25, 0.3) is 5.91 Å². The van der Waals surface area contributed by atoms with Crippen LogP contribution in [0.5, 0.6) is 17.2 Å². The van der Waals surface area contributed by atoms with Gasteiger partial charge in [-0.3, -0.25) is 9.69 Å². The van der Waals surface area contributed by atoms with Crippen molar-refractivity contribution in [3.8, 4) is 17.2 Å². The number of fused-ring (bicyclic) bond motifs is 2. The van der Waals surface area contributed by atoms with Crippen LogP contribution in [0, 0.1) is 12.8 Å². The van der Waals surface area contributed by atoms with Gasteiger partial charge in [0.05, 0.1) is 24.0 Å². The van der Waals surface area contributed by atoms with Gasteiger partial charge in [-0.15, -0.1) is 0 Å². The summed E-state index contributed by atoms with van der Waals surface area (Å²) in [4.78, 5) is 29.7. The highest BCUT2D eigenvalue weighted by Gasteiger charge is 2.43.